The molecule has 332 valence electrons. The zero-order valence-corrected chi connectivity index (χ0v) is 33.5. The molecule has 3 aliphatic heterocycles. The first-order valence-corrected chi connectivity index (χ1v) is 19.8. The Bertz CT molecular complexity index is 1990. The summed E-state index contributed by atoms with van der Waals surface area (Å²) >= 11 is 0. The van der Waals surface area contributed by atoms with Crippen molar-refractivity contribution in [1.82, 2.24) is 26.0 Å². The maximum atomic E-state index is 14.7. The molecule has 4 amide bonds. The number of carboxylic acids is 1. The highest BCUT2D eigenvalue weighted by atomic mass is 19.4. The predicted octanol–water partition coefficient (Wildman–Crippen LogP) is 6.04. The monoisotopic (exact) mass is 867 g/mol. The highest BCUT2D eigenvalue weighted by molar-refractivity contribution is 5.96. The number of hydrazine groups is 1. The van der Waals surface area contributed by atoms with Gasteiger partial charge in [-0.05, 0) is 81.8 Å². The highest BCUT2D eigenvalue weighted by Crippen LogP contribution is 2.46. The standard InChI is InChI=1S/C41H47F6N5O9/c1-38(2,3)61-37(58)49-30-10-8-6-4-5-7-9-25-20-39(25,36(56)57)50-33(53)31-19-26(22-51(31)34(30)54)52-35(55)32(24-13-17-28(18-14-24)60-41(45,46)47)29(21-48-52)23-11-15-27(16-12-23)59-40(42,43)44/h7,9,11-18,25-26,29-32,48H,4-6,8,10,19-22H2,1-3H3,(H,49,58)(H,50,53)(H,56,57)/b9-7-/t25-,26+,29+,30+,31?,32?,39-/m0/s1. The summed E-state index contributed by atoms with van der Waals surface area (Å²) in [7, 11) is 0. The summed E-state index contributed by atoms with van der Waals surface area (Å²) in [4.78, 5) is 70.3. The molecule has 4 N–H and O–H groups in total. The number of hydrogen-bond acceptors (Lipinski definition) is 9. The number of carbonyl (C=O) groups excluding carboxylic acids is 4. The molecule has 0 spiro atoms. The normalized spacial score (nSPS) is 28.3. The van der Waals surface area contributed by atoms with Gasteiger partial charge < -0.3 is 34.9 Å². The second-order valence-electron chi connectivity index (χ2n) is 16.6. The average Bonchev–Trinajstić information content (AvgIpc) is 3.67. The van der Waals surface area contributed by atoms with Crippen molar-refractivity contribution in [3.63, 3.8) is 0 Å². The molecule has 0 aromatic heterocycles. The van der Waals surface area contributed by atoms with Crippen molar-refractivity contribution in [2.75, 3.05) is 13.1 Å². The van der Waals surface area contributed by atoms with Crippen molar-refractivity contribution >= 4 is 29.8 Å². The van der Waals surface area contributed by atoms with Crippen LogP contribution in [0, 0.1) is 5.92 Å². The van der Waals surface area contributed by atoms with Crippen molar-refractivity contribution in [3.05, 3.63) is 71.8 Å². The third-order valence-electron chi connectivity index (χ3n) is 11.1. The summed E-state index contributed by atoms with van der Waals surface area (Å²) in [6.07, 6.45) is -4.61. The van der Waals surface area contributed by atoms with E-state index in [0.717, 1.165) is 24.3 Å². The van der Waals surface area contributed by atoms with Crippen LogP contribution < -0.4 is 25.5 Å². The zero-order chi connectivity index (χ0) is 44.5. The third kappa shape index (κ3) is 11.1. The Morgan fingerprint density at radius 2 is 1.46 bits per heavy atom. The smallest absolute Gasteiger partial charge is 0.479 e. The van der Waals surface area contributed by atoms with E-state index in [-0.39, 0.29) is 37.9 Å². The fraction of sp³-hybridized carbons (Fsp3) is 0.537. The lowest BCUT2D eigenvalue weighted by molar-refractivity contribution is -0.275. The average molecular weight is 868 g/mol. The minimum atomic E-state index is -5.00. The van der Waals surface area contributed by atoms with Crippen LogP contribution in [-0.2, 0) is 23.9 Å². The van der Waals surface area contributed by atoms with Crippen LogP contribution in [0.25, 0.3) is 0 Å². The number of halogens is 6. The summed E-state index contributed by atoms with van der Waals surface area (Å²) in [5.41, 5.74) is 1.11. The van der Waals surface area contributed by atoms with E-state index in [4.69, 9.17) is 4.74 Å². The number of aliphatic carboxylic acids is 1. The molecule has 3 fully saturated rings. The Morgan fingerprint density at radius 1 is 0.852 bits per heavy atom. The van der Waals surface area contributed by atoms with Gasteiger partial charge in [-0.15, -0.1) is 26.3 Å². The first-order chi connectivity index (χ1) is 28.5. The number of amides is 4. The number of hydrogen-bond donors (Lipinski definition) is 4. The Kier molecular flexibility index (Phi) is 12.9. The van der Waals surface area contributed by atoms with Crippen molar-refractivity contribution in [2.45, 2.75) is 120 Å². The minimum absolute atomic E-state index is 0.0447. The van der Waals surface area contributed by atoms with Crippen LogP contribution >= 0.6 is 0 Å². The van der Waals surface area contributed by atoms with Crippen LogP contribution in [0.15, 0.2) is 60.7 Å². The van der Waals surface area contributed by atoms with E-state index in [9.17, 15) is 55.4 Å². The fourth-order valence-corrected chi connectivity index (χ4v) is 8.22. The van der Waals surface area contributed by atoms with Crippen molar-refractivity contribution in [1.29, 1.82) is 0 Å². The lowest BCUT2D eigenvalue weighted by Crippen LogP contribution is -2.59. The molecule has 2 saturated heterocycles. The quantitative estimate of drug-likeness (QED) is 0.190. The molecule has 2 aromatic carbocycles. The van der Waals surface area contributed by atoms with Gasteiger partial charge in [-0.3, -0.25) is 19.4 Å². The number of alkyl halides is 6. The zero-order valence-electron chi connectivity index (χ0n) is 33.5. The SMILES string of the molecule is CC(C)(C)OC(=O)N[C@@H]1CCCCC/C=C\[C@H]2C[C@]2(C(=O)O)NC(=O)C2C[C@@H](N3NC[C@H](c4ccc(OC(F)(F)F)cc4)C(c4ccc(OC(F)(F)F)cc4)C3=O)CN2C1=O. The lowest BCUT2D eigenvalue weighted by atomic mass is 9.79. The van der Waals surface area contributed by atoms with Crippen molar-refractivity contribution in [3.8, 4) is 11.5 Å². The van der Waals surface area contributed by atoms with Gasteiger partial charge >= 0.3 is 24.8 Å². The van der Waals surface area contributed by atoms with Crippen LogP contribution in [-0.4, -0.2) is 99.9 Å². The topological polar surface area (TPSA) is 176 Å². The van der Waals surface area contributed by atoms with E-state index in [2.05, 4.69) is 25.5 Å². The van der Waals surface area contributed by atoms with E-state index in [1.807, 2.05) is 6.08 Å². The minimum Gasteiger partial charge on any atom is -0.479 e. The number of allylic oxidation sites excluding steroid dienone is 1. The van der Waals surface area contributed by atoms with E-state index in [0.29, 0.717) is 31.2 Å². The second kappa shape index (κ2) is 17.4. The largest absolute Gasteiger partial charge is 0.573 e. The molecule has 3 heterocycles. The van der Waals surface area contributed by atoms with Crippen molar-refractivity contribution < 1.29 is 69.6 Å². The third-order valence-corrected chi connectivity index (χ3v) is 11.1. The highest BCUT2D eigenvalue weighted by Gasteiger charge is 2.61. The molecule has 2 unspecified atom stereocenters. The number of alkyl carbamates (subject to hydrolysis) is 1. The molecule has 0 bridgehead atoms. The predicted molar refractivity (Wildman–Crippen MR) is 202 cm³/mol. The number of fused-ring (bicyclic) bond motifs is 2. The van der Waals surface area contributed by atoms with E-state index in [1.54, 1.807) is 26.8 Å². The van der Waals surface area contributed by atoms with Crippen LogP contribution in [0.3, 0.4) is 0 Å². The Labute approximate surface area is 346 Å². The molecule has 20 heteroatoms. The van der Waals surface area contributed by atoms with Crippen LogP contribution in [0.5, 0.6) is 11.5 Å². The van der Waals surface area contributed by atoms with Gasteiger partial charge in [-0.1, -0.05) is 49.3 Å². The summed E-state index contributed by atoms with van der Waals surface area (Å²) in [6.45, 7) is 4.64. The van der Waals surface area contributed by atoms with E-state index >= 15 is 0 Å². The maximum absolute atomic E-state index is 14.7. The number of carboxylic acid groups (broad SMARTS) is 1. The molecule has 4 aliphatic rings. The Morgan fingerprint density at radius 3 is 2.03 bits per heavy atom. The summed E-state index contributed by atoms with van der Waals surface area (Å²) in [6, 6.07) is 5.91. The number of ether oxygens (including phenoxy) is 3. The lowest BCUT2D eigenvalue weighted by Gasteiger charge is -2.41. The van der Waals surface area contributed by atoms with Crippen LogP contribution in [0.2, 0.25) is 0 Å². The molecule has 7 atom stereocenters. The maximum Gasteiger partial charge on any atom is 0.573 e. The molecule has 1 aliphatic carbocycles. The number of nitrogens with one attached hydrogen (secondary N) is 3. The molecule has 14 nitrogen and oxygen atoms in total. The van der Waals surface area contributed by atoms with Gasteiger partial charge in [0.25, 0.3) is 0 Å². The fourth-order valence-electron chi connectivity index (χ4n) is 8.22. The molecule has 61 heavy (non-hydrogen) atoms. The summed E-state index contributed by atoms with van der Waals surface area (Å²) in [5.74, 6) is -6.91. The molecular formula is C41H47F6N5O9. The molecular weight excluding hydrogens is 820 g/mol. The van der Waals surface area contributed by atoms with Crippen LogP contribution in [0.4, 0.5) is 31.1 Å². The van der Waals surface area contributed by atoms with E-state index < -0.39 is 101 Å². The van der Waals surface area contributed by atoms with E-state index in [1.165, 1.54) is 34.2 Å². The number of nitrogens with zero attached hydrogens (tertiary/aromatic N) is 2. The first-order valence-electron chi connectivity index (χ1n) is 19.8. The molecule has 1 saturated carbocycles. The van der Waals surface area contributed by atoms with Gasteiger partial charge in [0.05, 0.1) is 12.0 Å². The number of benzene rings is 2. The Balaban J connectivity index is 1.33. The molecule has 6 rings (SSSR count). The molecule has 0 radical (unpaired) electrons. The van der Waals surface area contributed by atoms with Crippen LogP contribution in [0.1, 0.15) is 88.7 Å². The first kappa shape index (κ1) is 45.0. The summed E-state index contributed by atoms with van der Waals surface area (Å²) in [5, 5.41) is 16.8. The summed E-state index contributed by atoms with van der Waals surface area (Å²) < 4.78 is 91.3. The number of carbonyl (C=O) groups is 5. The second-order valence-corrected chi connectivity index (χ2v) is 16.6. The van der Waals surface area contributed by atoms with Gasteiger partial charge in [-0.25, -0.2) is 15.0 Å². The number of rotatable bonds is 7. The van der Waals surface area contributed by atoms with Gasteiger partial charge in [0.2, 0.25) is 17.7 Å². The van der Waals surface area contributed by atoms with Gasteiger partial charge in [0.1, 0.15) is 34.7 Å². The van der Waals surface area contributed by atoms with Gasteiger partial charge in [-0.2, -0.15) is 0 Å². The Hall–Kier alpha value is -5.53. The van der Waals surface area contributed by atoms with Gasteiger partial charge in [0.15, 0.2) is 0 Å². The van der Waals surface area contributed by atoms with Gasteiger partial charge in [0, 0.05) is 31.3 Å². The van der Waals surface area contributed by atoms with Crippen molar-refractivity contribution in [2.24, 2.45) is 5.92 Å². The molecule has 2 aromatic rings.